The van der Waals surface area contributed by atoms with Crippen molar-refractivity contribution in [2.24, 2.45) is 0 Å². The molecule has 2 heteroatoms. The van der Waals surface area contributed by atoms with Crippen molar-refractivity contribution in [2.45, 2.75) is 33.8 Å². The Hall–Kier alpha value is -1.96. The molecule has 106 valence electrons. The lowest BCUT2D eigenvalue weighted by Crippen LogP contribution is -2.21. The van der Waals surface area contributed by atoms with E-state index in [2.05, 4.69) is 26.8 Å². The molecule has 1 atom stereocenters. The zero-order valence-corrected chi connectivity index (χ0v) is 12.6. The second-order valence-corrected chi connectivity index (χ2v) is 5.25. The smallest absolute Gasteiger partial charge is 0.130 e. The summed E-state index contributed by atoms with van der Waals surface area (Å²) in [5, 5.41) is 0. The summed E-state index contributed by atoms with van der Waals surface area (Å²) in [7, 11) is 0. The molecule has 0 bridgehead atoms. The fraction of sp³-hybridized carbons (Fsp3) is 0.333. The Morgan fingerprint density at radius 1 is 0.950 bits per heavy atom. The molecular weight excluding hydrogens is 248 g/mol. The number of hydrogen-bond acceptors (Lipinski definition) is 2. The third-order valence-corrected chi connectivity index (χ3v) is 3.39. The van der Waals surface area contributed by atoms with Crippen LogP contribution < -0.4 is 9.47 Å². The van der Waals surface area contributed by atoms with Crippen molar-refractivity contribution in [2.75, 3.05) is 6.61 Å². The lowest BCUT2D eigenvalue weighted by atomic mass is 10.1. The lowest BCUT2D eigenvalue weighted by Gasteiger charge is -2.17. The van der Waals surface area contributed by atoms with Crippen molar-refractivity contribution in [3.8, 4) is 11.5 Å². The normalized spacial score (nSPS) is 12.0. The van der Waals surface area contributed by atoms with Crippen LogP contribution in [0, 0.1) is 20.8 Å². The van der Waals surface area contributed by atoms with Crippen molar-refractivity contribution in [1.82, 2.24) is 0 Å². The molecule has 0 N–H and O–H groups in total. The van der Waals surface area contributed by atoms with E-state index in [0.717, 1.165) is 11.5 Å². The Balaban J connectivity index is 1.90. The predicted octanol–water partition coefficient (Wildman–Crippen LogP) is 4.46. The van der Waals surface area contributed by atoms with Gasteiger partial charge in [0.15, 0.2) is 0 Å². The average molecular weight is 270 g/mol. The van der Waals surface area contributed by atoms with Crippen LogP contribution in [0.3, 0.4) is 0 Å². The SMILES string of the molecule is Cc1ccc(OC(C)COc2cccc(C)c2C)cc1. The van der Waals surface area contributed by atoms with Gasteiger partial charge >= 0.3 is 0 Å². The fourth-order valence-electron chi connectivity index (χ4n) is 1.97. The summed E-state index contributed by atoms with van der Waals surface area (Å²) < 4.78 is 11.7. The molecule has 0 aliphatic rings. The maximum absolute atomic E-state index is 5.85. The fourth-order valence-corrected chi connectivity index (χ4v) is 1.97. The highest BCUT2D eigenvalue weighted by molar-refractivity contribution is 5.38. The topological polar surface area (TPSA) is 18.5 Å². The summed E-state index contributed by atoms with van der Waals surface area (Å²) in [5.41, 5.74) is 3.67. The first kappa shape index (κ1) is 14.4. The molecule has 0 radical (unpaired) electrons. The molecule has 2 aromatic carbocycles. The van der Waals surface area contributed by atoms with E-state index in [-0.39, 0.29) is 6.10 Å². The van der Waals surface area contributed by atoms with Crippen molar-refractivity contribution in [1.29, 1.82) is 0 Å². The number of rotatable bonds is 5. The van der Waals surface area contributed by atoms with E-state index in [1.807, 2.05) is 43.3 Å². The van der Waals surface area contributed by atoms with Crippen LogP contribution in [0.25, 0.3) is 0 Å². The number of hydrogen-bond donors (Lipinski definition) is 0. The summed E-state index contributed by atoms with van der Waals surface area (Å²) in [6, 6.07) is 14.2. The van der Waals surface area contributed by atoms with E-state index < -0.39 is 0 Å². The number of aryl methyl sites for hydroxylation is 2. The van der Waals surface area contributed by atoms with Crippen molar-refractivity contribution in [3.05, 3.63) is 59.2 Å². The molecular formula is C18H22O2. The Labute approximate surface area is 121 Å². The van der Waals surface area contributed by atoms with E-state index >= 15 is 0 Å². The molecule has 0 fully saturated rings. The first-order valence-electron chi connectivity index (χ1n) is 6.98. The van der Waals surface area contributed by atoms with Gasteiger partial charge in [-0.1, -0.05) is 29.8 Å². The van der Waals surface area contributed by atoms with Gasteiger partial charge in [0.2, 0.25) is 0 Å². The zero-order chi connectivity index (χ0) is 14.5. The second kappa shape index (κ2) is 6.47. The van der Waals surface area contributed by atoms with E-state index in [4.69, 9.17) is 9.47 Å². The largest absolute Gasteiger partial charge is 0.489 e. The summed E-state index contributed by atoms with van der Waals surface area (Å²) in [5.74, 6) is 1.82. The van der Waals surface area contributed by atoms with Crippen LogP contribution in [0.15, 0.2) is 42.5 Å². The monoisotopic (exact) mass is 270 g/mol. The Bertz CT molecular complexity index is 558. The third-order valence-electron chi connectivity index (χ3n) is 3.39. The highest BCUT2D eigenvalue weighted by Gasteiger charge is 2.07. The summed E-state index contributed by atoms with van der Waals surface area (Å²) in [6.45, 7) is 8.80. The van der Waals surface area contributed by atoms with Crippen LogP contribution in [0.2, 0.25) is 0 Å². The summed E-state index contributed by atoms with van der Waals surface area (Å²) in [4.78, 5) is 0. The van der Waals surface area contributed by atoms with Crippen LogP contribution in [-0.4, -0.2) is 12.7 Å². The van der Waals surface area contributed by atoms with E-state index in [9.17, 15) is 0 Å². The minimum absolute atomic E-state index is 0.0117. The van der Waals surface area contributed by atoms with Gasteiger partial charge in [0, 0.05) is 0 Å². The number of ether oxygens (including phenoxy) is 2. The summed E-state index contributed by atoms with van der Waals surface area (Å²) in [6.07, 6.45) is 0.0117. The molecule has 0 saturated heterocycles. The Morgan fingerprint density at radius 2 is 1.65 bits per heavy atom. The quantitative estimate of drug-likeness (QED) is 0.798. The van der Waals surface area contributed by atoms with Gasteiger partial charge in [-0.05, 0) is 57.0 Å². The van der Waals surface area contributed by atoms with Gasteiger partial charge in [0.25, 0.3) is 0 Å². The maximum Gasteiger partial charge on any atom is 0.130 e. The molecule has 2 aromatic rings. The third kappa shape index (κ3) is 3.77. The van der Waals surface area contributed by atoms with Gasteiger partial charge in [-0.25, -0.2) is 0 Å². The molecule has 0 amide bonds. The highest BCUT2D eigenvalue weighted by atomic mass is 16.5. The molecule has 1 unspecified atom stereocenters. The Kier molecular flexibility index (Phi) is 4.67. The molecule has 2 rings (SSSR count). The van der Waals surface area contributed by atoms with Crippen molar-refractivity contribution in [3.63, 3.8) is 0 Å². The molecule has 0 saturated carbocycles. The molecule has 20 heavy (non-hydrogen) atoms. The van der Waals surface area contributed by atoms with E-state index in [1.165, 1.54) is 16.7 Å². The molecule has 0 aliphatic carbocycles. The van der Waals surface area contributed by atoms with Crippen LogP contribution in [0.1, 0.15) is 23.6 Å². The Morgan fingerprint density at radius 3 is 2.35 bits per heavy atom. The standard InChI is InChI=1S/C18H22O2/c1-13-8-10-17(11-9-13)20-15(3)12-19-18-7-5-6-14(2)16(18)4/h5-11,15H,12H2,1-4H3. The van der Waals surface area contributed by atoms with Gasteiger partial charge in [0.05, 0.1) is 0 Å². The minimum atomic E-state index is 0.0117. The van der Waals surface area contributed by atoms with Crippen LogP contribution in [0.4, 0.5) is 0 Å². The van der Waals surface area contributed by atoms with Crippen molar-refractivity contribution < 1.29 is 9.47 Å². The average Bonchev–Trinajstić information content (AvgIpc) is 2.43. The first-order chi connectivity index (χ1) is 9.56. The van der Waals surface area contributed by atoms with Gasteiger partial charge in [-0.2, -0.15) is 0 Å². The molecule has 0 aromatic heterocycles. The van der Waals surface area contributed by atoms with Gasteiger partial charge < -0.3 is 9.47 Å². The van der Waals surface area contributed by atoms with Crippen LogP contribution in [-0.2, 0) is 0 Å². The highest BCUT2D eigenvalue weighted by Crippen LogP contribution is 2.21. The molecule has 0 aliphatic heterocycles. The minimum Gasteiger partial charge on any atom is -0.489 e. The summed E-state index contributed by atoms with van der Waals surface area (Å²) >= 11 is 0. The van der Waals surface area contributed by atoms with Gasteiger partial charge in [-0.3, -0.25) is 0 Å². The van der Waals surface area contributed by atoms with Gasteiger partial charge in [0.1, 0.15) is 24.2 Å². The number of benzene rings is 2. The second-order valence-electron chi connectivity index (χ2n) is 5.25. The van der Waals surface area contributed by atoms with E-state index in [0.29, 0.717) is 6.61 Å². The first-order valence-corrected chi connectivity index (χ1v) is 6.98. The zero-order valence-electron chi connectivity index (χ0n) is 12.6. The van der Waals surface area contributed by atoms with E-state index in [1.54, 1.807) is 0 Å². The maximum atomic E-state index is 5.85. The lowest BCUT2D eigenvalue weighted by molar-refractivity contribution is 0.142. The van der Waals surface area contributed by atoms with Gasteiger partial charge in [-0.15, -0.1) is 0 Å². The predicted molar refractivity (Wildman–Crippen MR) is 82.7 cm³/mol. The molecule has 2 nitrogen and oxygen atoms in total. The van der Waals surface area contributed by atoms with Crippen LogP contribution in [0.5, 0.6) is 11.5 Å². The molecule has 0 spiro atoms. The van der Waals surface area contributed by atoms with Crippen molar-refractivity contribution >= 4 is 0 Å². The van der Waals surface area contributed by atoms with Crippen LogP contribution >= 0.6 is 0 Å². The molecule has 0 heterocycles.